The summed E-state index contributed by atoms with van der Waals surface area (Å²) in [5.74, 6) is -0.610. The largest absolute Gasteiger partial charge is 0.459 e. The molecule has 1 aromatic rings. The van der Waals surface area contributed by atoms with Crippen molar-refractivity contribution in [1.29, 1.82) is 0 Å². The molecule has 134 valence electrons. The molecule has 1 heterocycles. The molecule has 1 atom stereocenters. The Bertz CT molecular complexity index is 711. The molecule has 1 aliphatic heterocycles. The average Bonchev–Trinajstić information content (AvgIpc) is 2.45. The Morgan fingerprint density at radius 2 is 1.88 bits per heavy atom. The third-order valence-electron chi connectivity index (χ3n) is 3.36. The molecule has 1 saturated heterocycles. The van der Waals surface area contributed by atoms with Gasteiger partial charge in [0.2, 0.25) is 10.0 Å². The second kappa shape index (κ2) is 7.17. The van der Waals surface area contributed by atoms with Crippen LogP contribution in [0.15, 0.2) is 23.1 Å². The Labute approximate surface area is 152 Å². The highest BCUT2D eigenvalue weighted by atomic mass is 35.5. The summed E-state index contributed by atoms with van der Waals surface area (Å²) in [6.45, 7) is 5.88. The molecule has 0 bridgehead atoms. The van der Waals surface area contributed by atoms with Gasteiger partial charge in [0.1, 0.15) is 16.5 Å². The number of sulfonamides is 1. The summed E-state index contributed by atoms with van der Waals surface area (Å²) in [6.07, 6.45) is 0. The van der Waals surface area contributed by atoms with Gasteiger partial charge in [0.15, 0.2) is 0 Å². The van der Waals surface area contributed by atoms with Crippen molar-refractivity contribution in [2.45, 2.75) is 37.3 Å². The van der Waals surface area contributed by atoms with Gasteiger partial charge in [0.25, 0.3) is 0 Å². The zero-order valence-corrected chi connectivity index (χ0v) is 16.0. The standard InChI is InChI=1S/C15H20Cl2N2O4S/c1-15(2,3)23-14(20)12-9-18-7-8-19(12)24(21,22)13-10(16)5-4-6-11(13)17/h4-6,12,18H,7-9H2,1-3H3. The number of carbonyl (C=O) groups is 1. The van der Waals surface area contributed by atoms with Gasteiger partial charge in [-0.05, 0) is 32.9 Å². The Morgan fingerprint density at radius 3 is 2.42 bits per heavy atom. The number of ether oxygens (including phenoxy) is 1. The van der Waals surface area contributed by atoms with Gasteiger partial charge in [0.05, 0.1) is 10.0 Å². The van der Waals surface area contributed by atoms with E-state index in [-0.39, 0.29) is 28.0 Å². The van der Waals surface area contributed by atoms with Crippen molar-refractivity contribution in [3.05, 3.63) is 28.2 Å². The van der Waals surface area contributed by atoms with Crippen molar-refractivity contribution in [3.63, 3.8) is 0 Å². The smallest absolute Gasteiger partial charge is 0.326 e. The summed E-state index contributed by atoms with van der Waals surface area (Å²) in [7, 11) is -4.04. The van der Waals surface area contributed by atoms with Crippen LogP contribution in [0.1, 0.15) is 20.8 Å². The first-order valence-corrected chi connectivity index (χ1v) is 9.63. The van der Waals surface area contributed by atoms with Crippen LogP contribution in [-0.2, 0) is 19.6 Å². The minimum Gasteiger partial charge on any atom is -0.459 e. The molecule has 0 saturated carbocycles. The summed E-state index contributed by atoms with van der Waals surface area (Å²) in [4.78, 5) is 12.2. The molecule has 0 aliphatic carbocycles. The van der Waals surface area contributed by atoms with Gasteiger partial charge >= 0.3 is 5.97 Å². The molecule has 6 nitrogen and oxygen atoms in total. The van der Waals surface area contributed by atoms with E-state index in [1.165, 1.54) is 12.1 Å². The minimum atomic E-state index is -4.04. The van der Waals surface area contributed by atoms with Crippen LogP contribution < -0.4 is 5.32 Å². The van der Waals surface area contributed by atoms with Gasteiger partial charge in [-0.3, -0.25) is 4.79 Å². The fraction of sp³-hybridized carbons (Fsp3) is 0.533. The molecule has 0 radical (unpaired) electrons. The maximum Gasteiger partial charge on any atom is 0.326 e. The second-order valence-corrected chi connectivity index (χ2v) is 9.06. The third kappa shape index (κ3) is 4.21. The maximum absolute atomic E-state index is 13.0. The SMILES string of the molecule is CC(C)(C)OC(=O)C1CNCCN1S(=O)(=O)c1c(Cl)cccc1Cl. The fourth-order valence-electron chi connectivity index (χ4n) is 2.39. The first kappa shape index (κ1) is 19.5. The first-order valence-electron chi connectivity index (χ1n) is 7.43. The highest BCUT2D eigenvalue weighted by Gasteiger charge is 2.41. The number of hydrogen-bond acceptors (Lipinski definition) is 5. The number of hydrogen-bond donors (Lipinski definition) is 1. The van der Waals surface area contributed by atoms with Crippen LogP contribution in [0.4, 0.5) is 0 Å². The number of halogens is 2. The Balaban J connectivity index is 2.41. The quantitative estimate of drug-likeness (QED) is 0.795. The van der Waals surface area contributed by atoms with E-state index in [9.17, 15) is 13.2 Å². The molecular formula is C15H20Cl2N2O4S. The van der Waals surface area contributed by atoms with Crippen molar-refractivity contribution in [2.24, 2.45) is 0 Å². The Kier molecular flexibility index (Phi) is 5.82. The lowest BCUT2D eigenvalue weighted by molar-refractivity contribution is -0.160. The Hall–Kier alpha value is -0.860. The van der Waals surface area contributed by atoms with Gasteiger partial charge < -0.3 is 10.1 Å². The van der Waals surface area contributed by atoms with Crippen LogP contribution in [0.5, 0.6) is 0 Å². The van der Waals surface area contributed by atoms with Crippen molar-refractivity contribution >= 4 is 39.2 Å². The van der Waals surface area contributed by atoms with Gasteiger partial charge in [-0.15, -0.1) is 0 Å². The van der Waals surface area contributed by atoms with Crippen LogP contribution >= 0.6 is 23.2 Å². The summed E-state index contributed by atoms with van der Waals surface area (Å²) in [5, 5.41) is 3.05. The molecule has 1 unspecified atom stereocenters. The van der Waals surface area contributed by atoms with Crippen LogP contribution in [0.25, 0.3) is 0 Å². The molecule has 1 N–H and O–H groups in total. The highest BCUT2D eigenvalue weighted by molar-refractivity contribution is 7.89. The molecule has 1 aromatic carbocycles. The average molecular weight is 395 g/mol. The molecule has 2 rings (SSSR count). The first-order chi connectivity index (χ1) is 11.0. The second-order valence-electron chi connectivity index (χ2n) is 6.42. The van der Waals surface area contributed by atoms with E-state index in [4.69, 9.17) is 27.9 Å². The molecule has 0 amide bonds. The lowest BCUT2D eigenvalue weighted by Gasteiger charge is -2.35. The molecule has 1 fully saturated rings. The number of rotatable bonds is 3. The summed E-state index contributed by atoms with van der Waals surface area (Å²) < 4.78 is 32.5. The number of carbonyl (C=O) groups excluding carboxylic acids is 1. The lowest BCUT2D eigenvalue weighted by atomic mass is 10.2. The van der Waals surface area contributed by atoms with Crippen LogP contribution in [-0.4, -0.2) is 50.0 Å². The molecule has 0 aromatic heterocycles. The van der Waals surface area contributed by atoms with E-state index in [2.05, 4.69) is 5.32 Å². The molecule has 24 heavy (non-hydrogen) atoms. The number of piperazine rings is 1. The highest BCUT2D eigenvalue weighted by Crippen LogP contribution is 2.33. The van der Waals surface area contributed by atoms with Crippen molar-refractivity contribution in [3.8, 4) is 0 Å². The molecule has 1 aliphatic rings. The molecule has 0 spiro atoms. The molecular weight excluding hydrogens is 375 g/mol. The van der Waals surface area contributed by atoms with E-state index in [1.807, 2.05) is 0 Å². The van der Waals surface area contributed by atoms with Gasteiger partial charge in [-0.25, -0.2) is 8.42 Å². The monoisotopic (exact) mass is 394 g/mol. The number of nitrogens with one attached hydrogen (secondary N) is 1. The Morgan fingerprint density at radius 1 is 1.29 bits per heavy atom. The normalized spacial score (nSPS) is 20.0. The van der Waals surface area contributed by atoms with Gasteiger partial charge in [-0.2, -0.15) is 4.31 Å². The lowest BCUT2D eigenvalue weighted by Crippen LogP contribution is -2.58. The van der Waals surface area contributed by atoms with Gasteiger partial charge in [0, 0.05) is 19.6 Å². The summed E-state index contributed by atoms with van der Waals surface area (Å²) >= 11 is 12.1. The number of esters is 1. The topological polar surface area (TPSA) is 75.7 Å². The van der Waals surface area contributed by atoms with Gasteiger partial charge in [-0.1, -0.05) is 29.3 Å². The van der Waals surface area contributed by atoms with Crippen molar-refractivity contribution in [2.75, 3.05) is 19.6 Å². The zero-order valence-electron chi connectivity index (χ0n) is 13.7. The predicted molar refractivity (Wildman–Crippen MR) is 92.9 cm³/mol. The van der Waals surface area contributed by atoms with Crippen LogP contribution in [0.2, 0.25) is 10.0 Å². The predicted octanol–water partition coefficient (Wildman–Crippen LogP) is 2.30. The van der Waals surface area contributed by atoms with Crippen LogP contribution in [0.3, 0.4) is 0 Å². The zero-order chi connectivity index (χ0) is 18.1. The van der Waals surface area contributed by atoms with Crippen molar-refractivity contribution < 1.29 is 17.9 Å². The number of nitrogens with zero attached hydrogens (tertiary/aromatic N) is 1. The molecule has 9 heteroatoms. The number of benzene rings is 1. The van der Waals surface area contributed by atoms with E-state index >= 15 is 0 Å². The van der Waals surface area contributed by atoms with E-state index in [1.54, 1.807) is 26.8 Å². The van der Waals surface area contributed by atoms with Crippen molar-refractivity contribution in [1.82, 2.24) is 9.62 Å². The van der Waals surface area contributed by atoms with E-state index in [0.29, 0.717) is 6.54 Å². The van der Waals surface area contributed by atoms with E-state index < -0.39 is 27.6 Å². The fourth-order valence-corrected chi connectivity index (χ4v) is 5.06. The maximum atomic E-state index is 13.0. The van der Waals surface area contributed by atoms with Crippen LogP contribution in [0, 0.1) is 0 Å². The van der Waals surface area contributed by atoms with E-state index in [0.717, 1.165) is 4.31 Å². The third-order valence-corrected chi connectivity index (χ3v) is 6.22. The minimum absolute atomic E-state index is 0.0176. The summed E-state index contributed by atoms with van der Waals surface area (Å²) in [6, 6.07) is 3.48. The summed E-state index contributed by atoms with van der Waals surface area (Å²) in [5.41, 5.74) is -0.716.